The first-order valence-corrected chi connectivity index (χ1v) is 15.3. The summed E-state index contributed by atoms with van der Waals surface area (Å²) < 4.78 is 46.4. The van der Waals surface area contributed by atoms with E-state index in [9.17, 15) is 29.6 Å². The molecular formula is C26H39N6O11P. The highest BCUT2D eigenvalue weighted by molar-refractivity contribution is 7.51. The van der Waals surface area contributed by atoms with Gasteiger partial charge in [0.05, 0.1) is 25.0 Å². The molecule has 44 heavy (non-hydrogen) atoms. The molecule has 0 amide bonds. The smallest absolute Gasteiger partial charge is 0.464 e. The number of aliphatic hydroxyl groups excluding tert-OH is 2. The lowest BCUT2D eigenvalue weighted by atomic mass is 9.92. The van der Waals surface area contributed by atoms with Crippen molar-refractivity contribution in [2.45, 2.75) is 84.0 Å². The van der Waals surface area contributed by atoms with Gasteiger partial charge in [-0.3, -0.25) is 13.8 Å². The quantitative estimate of drug-likeness (QED) is 0.130. The number of ether oxygens (including phenoxy) is 4. The number of carbonyl (C=O) groups is 2. The van der Waals surface area contributed by atoms with Gasteiger partial charge in [-0.1, -0.05) is 20.8 Å². The summed E-state index contributed by atoms with van der Waals surface area (Å²) in [6.07, 6.45) is -4.70. The number of nitrogen functional groups attached to an aromatic ring is 1. The van der Waals surface area contributed by atoms with Gasteiger partial charge in [-0.25, -0.2) is 23.9 Å². The standard InChI is InChI=1S/C26H39N6O11P/c1-7-25(5,6)12-38-23(35)16(4)31-44(37,41-14-39-24(36)42-15(2)3)40-10-18-20(33)21(34)26(11-27,43-18)19-9-8-17-22(28)29-13-30-32(17)19/h8-9,13,15-16,18,20-21,33-34H,7,10,12,14H2,1-6H3,(H,31,37)(H2,28,29,30)/t16-,18+,20+,21+,26-,44-/m0/s1. The minimum atomic E-state index is -4.53. The summed E-state index contributed by atoms with van der Waals surface area (Å²) in [4.78, 5) is 28.3. The van der Waals surface area contributed by atoms with Gasteiger partial charge in [0.25, 0.3) is 0 Å². The molecular weight excluding hydrogens is 603 g/mol. The van der Waals surface area contributed by atoms with Crippen LogP contribution in [0.4, 0.5) is 10.6 Å². The van der Waals surface area contributed by atoms with Crippen LogP contribution in [0.2, 0.25) is 0 Å². The maximum absolute atomic E-state index is 13.7. The summed E-state index contributed by atoms with van der Waals surface area (Å²) in [6.45, 7) is 8.75. The molecule has 2 aromatic rings. The van der Waals surface area contributed by atoms with Gasteiger partial charge in [0.2, 0.25) is 12.4 Å². The normalized spacial score (nSPS) is 24.0. The SMILES string of the molecule is CCC(C)(C)COC(=O)[C@H](C)N[P@@](=O)(OCOC(=O)OC(C)C)OC[C@H]1O[C@@](C#N)(c2ccc3c(N)ncnn23)[C@H](O)[C@@H]1O. The summed E-state index contributed by atoms with van der Waals surface area (Å²) in [5, 5.41) is 38.4. The number of fused-ring (bicyclic) bond motifs is 1. The molecule has 0 spiro atoms. The molecule has 3 rings (SSSR count). The molecule has 17 nitrogen and oxygen atoms in total. The van der Waals surface area contributed by atoms with Gasteiger partial charge in [0, 0.05) is 0 Å². The molecule has 18 heteroatoms. The van der Waals surface area contributed by atoms with E-state index in [4.69, 9.17) is 33.7 Å². The van der Waals surface area contributed by atoms with E-state index in [0.29, 0.717) is 5.52 Å². The number of nitrogens with zero attached hydrogens (tertiary/aromatic N) is 4. The highest BCUT2D eigenvalue weighted by Crippen LogP contribution is 2.47. The Labute approximate surface area is 254 Å². The molecule has 1 aliphatic heterocycles. The van der Waals surface area contributed by atoms with Crippen molar-refractivity contribution < 1.29 is 52.4 Å². The molecule has 1 fully saturated rings. The predicted molar refractivity (Wildman–Crippen MR) is 151 cm³/mol. The molecule has 1 saturated heterocycles. The summed E-state index contributed by atoms with van der Waals surface area (Å²) >= 11 is 0. The van der Waals surface area contributed by atoms with Gasteiger partial charge in [-0.2, -0.15) is 10.4 Å². The molecule has 0 unspecified atom stereocenters. The van der Waals surface area contributed by atoms with Crippen LogP contribution < -0.4 is 10.8 Å². The molecule has 0 bridgehead atoms. The number of hydrogen-bond donors (Lipinski definition) is 4. The Morgan fingerprint density at radius 2 is 1.98 bits per heavy atom. The first-order chi connectivity index (χ1) is 20.6. The van der Waals surface area contributed by atoms with Crippen LogP contribution in [0.25, 0.3) is 5.52 Å². The van der Waals surface area contributed by atoms with Gasteiger partial charge in [0.1, 0.15) is 42.3 Å². The third-order valence-corrected chi connectivity index (χ3v) is 8.53. The van der Waals surface area contributed by atoms with Crippen LogP contribution in [-0.2, 0) is 43.0 Å². The number of nitrogens with one attached hydrogen (secondary N) is 1. The molecule has 6 atom stereocenters. The van der Waals surface area contributed by atoms with E-state index in [-0.39, 0.29) is 23.5 Å². The van der Waals surface area contributed by atoms with Crippen LogP contribution in [0.5, 0.6) is 0 Å². The minimum absolute atomic E-state index is 0.0409. The fourth-order valence-electron chi connectivity index (χ4n) is 3.99. The highest BCUT2D eigenvalue weighted by Gasteiger charge is 2.58. The zero-order chi connectivity index (χ0) is 32.9. The van der Waals surface area contributed by atoms with Crippen molar-refractivity contribution in [3.63, 3.8) is 0 Å². The zero-order valence-electron chi connectivity index (χ0n) is 25.3. The average Bonchev–Trinajstić information content (AvgIpc) is 3.50. The average molecular weight is 643 g/mol. The van der Waals surface area contributed by atoms with Crippen molar-refractivity contribution >= 4 is 31.2 Å². The molecule has 0 aromatic carbocycles. The number of anilines is 1. The van der Waals surface area contributed by atoms with E-state index in [2.05, 4.69) is 15.2 Å². The van der Waals surface area contributed by atoms with E-state index in [1.165, 1.54) is 23.6 Å². The molecule has 0 saturated carbocycles. The van der Waals surface area contributed by atoms with E-state index >= 15 is 0 Å². The Balaban J connectivity index is 1.78. The number of rotatable bonds is 14. The maximum Gasteiger partial charge on any atom is 0.510 e. The van der Waals surface area contributed by atoms with Gasteiger partial charge >= 0.3 is 19.9 Å². The first kappa shape index (κ1) is 35.1. The van der Waals surface area contributed by atoms with E-state index in [1.54, 1.807) is 13.8 Å². The lowest BCUT2D eigenvalue weighted by Gasteiger charge is -2.26. The fourth-order valence-corrected chi connectivity index (χ4v) is 5.33. The second-order valence-electron chi connectivity index (χ2n) is 11.2. The predicted octanol–water partition coefficient (Wildman–Crippen LogP) is 1.77. The number of aromatic nitrogens is 3. The van der Waals surface area contributed by atoms with Gasteiger partial charge < -0.3 is 34.9 Å². The number of esters is 1. The largest absolute Gasteiger partial charge is 0.510 e. The van der Waals surface area contributed by atoms with Crippen LogP contribution in [0, 0.1) is 16.7 Å². The summed E-state index contributed by atoms with van der Waals surface area (Å²) in [6, 6.07) is 3.59. The number of carbonyl (C=O) groups excluding carboxylic acids is 2. The summed E-state index contributed by atoms with van der Waals surface area (Å²) in [5.74, 6) is -0.668. The molecule has 0 radical (unpaired) electrons. The Morgan fingerprint density at radius 1 is 1.27 bits per heavy atom. The van der Waals surface area contributed by atoms with Crippen molar-refractivity contribution in [1.82, 2.24) is 19.7 Å². The summed E-state index contributed by atoms with van der Waals surface area (Å²) in [7, 11) is -4.53. The van der Waals surface area contributed by atoms with Crippen LogP contribution in [0.15, 0.2) is 18.5 Å². The van der Waals surface area contributed by atoms with Crippen molar-refractivity contribution in [2.75, 3.05) is 25.7 Å². The third kappa shape index (κ3) is 8.02. The topological polar surface area (TPSA) is 239 Å². The monoisotopic (exact) mass is 642 g/mol. The van der Waals surface area contributed by atoms with Crippen molar-refractivity contribution in [1.29, 1.82) is 5.26 Å². The van der Waals surface area contributed by atoms with Crippen molar-refractivity contribution in [2.24, 2.45) is 5.41 Å². The van der Waals surface area contributed by atoms with E-state index < -0.39 is 69.3 Å². The van der Waals surface area contributed by atoms with E-state index in [0.717, 1.165) is 12.7 Å². The van der Waals surface area contributed by atoms with Crippen LogP contribution in [-0.4, -0.2) is 87.4 Å². The Morgan fingerprint density at radius 3 is 2.61 bits per heavy atom. The zero-order valence-corrected chi connectivity index (χ0v) is 26.2. The van der Waals surface area contributed by atoms with Crippen molar-refractivity contribution in [3.8, 4) is 6.07 Å². The Bertz CT molecular complexity index is 1410. The molecule has 2 aromatic heterocycles. The van der Waals surface area contributed by atoms with Gasteiger partial charge in [-0.05, 0) is 44.7 Å². The summed E-state index contributed by atoms with van der Waals surface area (Å²) in [5.41, 5.74) is 3.79. The minimum Gasteiger partial charge on any atom is -0.464 e. The highest BCUT2D eigenvalue weighted by atomic mass is 31.2. The molecule has 0 aliphatic carbocycles. The lowest BCUT2D eigenvalue weighted by molar-refractivity contribution is -0.148. The van der Waals surface area contributed by atoms with Crippen molar-refractivity contribution in [3.05, 3.63) is 24.2 Å². The maximum atomic E-state index is 13.7. The fraction of sp³-hybridized carbons (Fsp3) is 0.654. The van der Waals surface area contributed by atoms with Crippen LogP contribution >= 0.6 is 7.75 Å². The molecule has 1 aliphatic rings. The van der Waals surface area contributed by atoms with Gasteiger partial charge in [-0.15, -0.1) is 0 Å². The number of nitriles is 1. The second kappa shape index (κ2) is 14.2. The molecule has 244 valence electrons. The van der Waals surface area contributed by atoms with Gasteiger partial charge in [0.15, 0.2) is 5.82 Å². The number of nitrogens with two attached hydrogens (primary N) is 1. The Hall–Kier alpha value is -3.36. The number of hydrogen-bond acceptors (Lipinski definition) is 15. The van der Waals surface area contributed by atoms with Crippen LogP contribution in [0.1, 0.15) is 53.7 Å². The first-order valence-electron chi connectivity index (χ1n) is 13.8. The molecule has 5 N–H and O–H groups in total. The third-order valence-electron chi connectivity index (χ3n) is 6.89. The molecule has 3 heterocycles. The second-order valence-corrected chi connectivity index (χ2v) is 12.9. The number of aliphatic hydroxyl groups is 2. The van der Waals surface area contributed by atoms with Crippen LogP contribution in [0.3, 0.4) is 0 Å². The lowest BCUT2D eigenvalue weighted by Crippen LogP contribution is -2.41. The Kier molecular flexibility index (Phi) is 11.3. The van der Waals surface area contributed by atoms with E-state index in [1.807, 2.05) is 26.8 Å².